The van der Waals surface area contributed by atoms with E-state index >= 15 is 0 Å². The van der Waals surface area contributed by atoms with Crippen molar-refractivity contribution in [2.24, 2.45) is 17.6 Å². The van der Waals surface area contributed by atoms with Crippen molar-refractivity contribution < 1.29 is 4.79 Å². The van der Waals surface area contributed by atoms with Crippen LogP contribution in [0.2, 0.25) is 0 Å². The third-order valence-corrected chi connectivity index (χ3v) is 3.12. The van der Waals surface area contributed by atoms with E-state index in [2.05, 4.69) is 13.8 Å². The van der Waals surface area contributed by atoms with Gasteiger partial charge in [-0.3, -0.25) is 4.79 Å². The molecule has 0 aromatic carbocycles. The van der Waals surface area contributed by atoms with Crippen LogP contribution in [0.25, 0.3) is 0 Å². The third kappa shape index (κ3) is 3.82. The first-order valence-electron chi connectivity index (χ1n) is 6.05. The zero-order valence-corrected chi connectivity index (χ0v) is 10.2. The lowest BCUT2D eigenvalue weighted by Crippen LogP contribution is -2.46. The molecule has 0 saturated carbocycles. The van der Waals surface area contributed by atoms with Crippen LogP contribution in [0, 0.1) is 11.8 Å². The third-order valence-electron chi connectivity index (χ3n) is 3.12. The summed E-state index contributed by atoms with van der Waals surface area (Å²) >= 11 is 0. The first kappa shape index (κ1) is 12.5. The number of nitrogens with zero attached hydrogens (tertiary/aromatic N) is 1. The fraction of sp³-hybridized carbons (Fsp3) is 0.917. The number of hydrogen-bond donors (Lipinski definition) is 1. The maximum absolute atomic E-state index is 11.6. The van der Waals surface area contributed by atoms with Gasteiger partial charge in [0.2, 0.25) is 5.91 Å². The van der Waals surface area contributed by atoms with E-state index in [1.807, 2.05) is 4.90 Å². The molecule has 0 aromatic rings. The zero-order valence-electron chi connectivity index (χ0n) is 10.2. The first-order chi connectivity index (χ1) is 7.00. The standard InChI is InChI=1S/C12H24N2O/c1-9(2)8-11-4-6-14(7-5-11)12(15)10(3)13/h9-11H,4-8,13H2,1-3H3/t10-/m0/s1. The van der Waals surface area contributed by atoms with Crippen LogP contribution in [0.15, 0.2) is 0 Å². The molecular weight excluding hydrogens is 188 g/mol. The normalized spacial score (nSPS) is 20.7. The van der Waals surface area contributed by atoms with E-state index in [-0.39, 0.29) is 11.9 Å². The number of carbonyl (C=O) groups is 1. The van der Waals surface area contributed by atoms with Crippen LogP contribution >= 0.6 is 0 Å². The number of likely N-dealkylation sites (tertiary alicyclic amines) is 1. The highest BCUT2D eigenvalue weighted by atomic mass is 16.2. The Hall–Kier alpha value is -0.570. The summed E-state index contributed by atoms with van der Waals surface area (Å²) in [7, 11) is 0. The Balaban J connectivity index is 2.32. The molecule has 1 aliphatic rings. The van der Waals surface area contributed by atoms with Gasteiger partial charge in [-0.2, -0.15) is 0 Å². The van der Waals surface area contributed by atoms with Crippen molar-refractivity contribution in [3.63, 3.8) is 0 Å². The summed E-state index contributed by atoms with van der Waals surface area (Å²) in [6, 6.07) is -0.341. The molecule has 1 amide bonds. The second-order valence-electron chi connectivity index (χ2n) is 5.19. The van der Waals surface area contributed by atoms with Crippen molar-refractivity contribution in [2.45, 2.75) is 46.1 Å². The fourth-order valence-electron chi connectivity index (χ4n) is 2.34. The summed E-state index contributed by atoms with van der Waals surface area (Å²) < 4.78 is 0. The molecule has 15 heavy (non-hydrogen) atoms. The van der Waals surface area contributed by atoms with Crippen LogP contribution < -0.4 is 5.73 Å². The molecule has 3 nitrogen and oxygen atoms in total. The predicted octanol–water partition coefficient (Wildman–Crippen LogP) is 1.62. The summed E-state index contributed by atoms with van der Waals surface area (Å²) in [6.07, 6.45) is 3.59. The monoisotopic (exact) mass is 212 g/mol. The summed E-state index contributed by atoms with van der Waals surface area (Å²) in [5.41, 5.74) is 5.59. The average molecular weight is 212 g/mol. The number of amides is 1. The van der Waals surface area contributed by atoms with Crippen molar-refractivity contribution in [3.8, 4) is 0 Å². The minimum atomic E-state index is -0.341. The lowest BCUT2D eigenvalue weighted by molar-refractivity contribution is -0.133. The van der Waals surface area contributed by atoms with Gasteiger partial charge in [-0.05, 0) is 38.0 Å². The Bertz CT molecular complexity index is 206. The summed E-state index contributed by atoms with van der Waals surface area (Å²) in [6.45, 7) is 8.09. The SMILES string of the molecule is CC(C)CC1CCN(C(=O)[C@H](C)N)CC1. The maximum Gasteiger partial charge on any atom is 0.239 e. The lowest BCUT2D eigenvalue weighted by Gasteiger charge is -2.33. The molecule has 0 unspecified atom stereocenters. The highest BCUT2D eigenvalue weighted by molar-refractivity contribution is 5.81. The van der Waals surface area contributed by atoms with Gasteiger partial charge in [0.15, 0.2) is 0 Å². The molecule has 1 rings (SSSR count). The van der Waals surface area contributed by atoms with E-state index in [4.69, 9.17) is 5.73 Å². The zero-order chi connectivity index (χ0) is 11.4. The molecular formula is C12H24N2O. The van der Waals surface area contributed by atoms with Crippen molar-refractivity contribution in [1.82, 2.24) is 4.90 Å². The topological polar surface area (TPSA) is 46.3 Å². The molecule has 0 bridgehead atoms. The summed E-state index contributed by atoms with van der Waals surface area (Å²) in [4.78, 5) is 13.5. The van der Waals surface area contributed by atoms with E-state index in [0.29, 0.717) is 0 Å². The van der Waals surface area contributed by atoms with E-state index in [1.165, 1.54) is 6.42 Å². The molecule has 1 atom stereocenters. The summed E-state index contributed by atoms with van der Waals surface area (Å²) in [5, 5.41) is 0. The molecule has 0 spiro atoms. The number of hydrogen-bond acceptors (Lipinski definition) is 2. The minimum absolute atomic E-state index is 0.109. The number of carbonyl (C=O) groups excluding carboxylic acids is 1. The van der Waals surface area contributed by atoms with Crippen LogP contribution in [-0.4, -0.2) is 29.9 Å². The first-order valence-corrected chi connectivity index (χ1v) is 6.05. The van der Waals surface area contributed by atoms with Gasteiger partial charge in [-0.25, -0.2) is 0 Å². The Kier molecular flexibility index (Phi) is 4.58. The van der Waals surface area contributed by atoms with Gasteiger partial charge in [0, 0.05) is 13.1 Å². The minimum Gasteiger partial charge on any atom is -0.341 e. The average Bonchev–Trinajstić information content (AvgIpc) is 2.17. The lowest BCUT2D eigenvalue weighted by atomic mass is 9.88. The largest absolute Gasteiger partial charge is 0.341 e. The van der Waals surface area contributed by atoms with Gasteiger partial charge in [0.25, 0.3) is 0 Å². The Labute approximate surface area is 93.0 Å². The molecule has 1 saturated heterocycles. The molecule has 0 aromatic heterocycles. The Morgan fingerprint density at radius 2 is 1.87 bits per heavy atom. The molecule has 88 valence electrons. The molecule has 3 heteroatoms. The van der Waals surface area contributed by atoms with Crippen LogP contribution in [0.3, 0.4) is 0 Å². The fourth-order valence-corrected chi connectivity index (χ4v) is 2.34. The Morgan fingerprint density at radius 3 is 2.27 bits per heavy atom. The van der Waals surface area contributed by atoms with E-state index in [0.717, 1.165) is 37.8 Å². The number of nitrogens with two attached hydrogens (primary N) is 1. The van der Waals surface area contributed by atoms with Crippen LogP contribution in [0.4, 0.5) is 0 Å². The number of piperidine rings is 1. The highest BCUT2D eigenvalue weighted by Crippen LogP contribution is 2.24. The quantitative estimate of drug-likeness (QED) is 0.772. The van der Waals surface area contributed by atoms with Gasteiger partial charge in [0.1, 0.15) is 0 Å². The van der Waals surface area contributed by atoms with Crippen molar-refractivity contribution in [2.75, 3.05) is 13.1 Å². The molecule has 1 fully saturated rings. The van der Waals surface area contributed by atoms with Gasteiger partial charge in [-0.15, -0.1) is 0 Å². The summed E-state index contributed by atoms with van der Waals surface area (Å²) in [5.74, 6) is 1.69. The smallest absolute Gasteiger partial charge is 0.239 e. The van der Waals surface area contributed by atoms with Crippen molar-refractivity contribution in [1.29, 1.82) is 0 Å². The van der Waals surface area contributed by atoms with E-state index in [9.17, 15) is 4.79 Å². The van der Waals surface area contributed by atoms with Crippen LogP contribution in [0.5, 0.6) is 0 Å². The van der Waals surface area contributed by atoms with Gasteiger partial charge >= 0.3 is 0 Å². The Morgan fingerprint density at radius 1 is 1.33 bits per heavy atom. The second-order valence-corrected chi connectivity index (χ2v) is 5.19. The molecule has 1 aliphatic heterocycles. The maximum atomic E-state index is 11.6. The molecule has 0 radical (unpaired) electrons. The van der Waals surface area contributed by atoms with E-state index in [1.54, 1.807) is 6.92 Å². The van der Waals surface area contributed by atoms with Crippen LogP contribution in [0.1, 0.15) is 40.0 Å². The van der Waals surface area contributed by atoms with Gasteiger partial charge in [0.05, 0.1) is 6.04 Å². The van der Waals surface area contributed by atoms with Gasteiger partial charge < -0.3 is 10.6 Å². The van der Waals surface area contributed by atoms with Crippen LogP contribution in [-0.2, 0) is 4.79 Å². The van der Waals surface area contributed by atoms with Crippen molar-refractivity contribution in [3.05, 3.63) is 0 Å². The number of rotatable bonds is 3. The molecule has 1 heterocycles. The highest BCUT2D eigenvalue weighted by Gasteiger charge is 2.24. The van der Waals surface area contributed by atoms with E-state index < -0.39 is 0 Å². The molecule has 0 aliphatic carbocycles. The van der Waals surface area contributed by atoms with Gasteiger partial charge in [-0.1, -0.05) is 13.8 Å². The predicted molar refractivity (Wildman–Crippen MR) is 62.4 cm³/mol. The molecule has 2 N–H and O–H groups in total. The second kappa shape index (κ2) is 5.50. The van der Waals surface area contributed by atoms with Crippen molar-refractivity contribution >= 4 is 5.91 Å².